The van der Waals surface area contributed by atoms with E-state index in [2.05, 4.69) is 10.2 Å². The maximum Gasteiger partial charge on any atom is 0.323 e. The molecule has 3 aromatic rings. The molecule has 2 heterocycles. The standard InChI is InChI=1S/C40H51N3O8/c1-40(2,3)51-38(47)34-10-7-21-43(34)25-33-23-35(30-15-13-27(26-44)14-16-30)50-39(49-33)31-19-17-29(18-20-31)32-9-6-8-28(22-32)24-41-36(45)11-4-5-12-37(46)42-48/h6,8-9,13-20,22,33-35,39,44,48H,4-5,7,10-12,21,23-26H2,1-3H3,(H,41,45)(H,42,46). The molecule has 2 amide bonds. The minimum atomic E-state index is -0.623. The van der Waals surface area contributed by atoms with Gasteiger partial charge in [-0.15, -0.1) is 0 Å². The Morgan fingerprint density at radius 1 is 0.882 bits per heavy atom. The van der Waals surface area contributed by atoms with Crippen LogP contribution in [0.2, 0.25) is 0 Å². The smallest absolute Gasteiger partial charge is 0.323 e. The monoisotopic (exact) mass is 701 g/mol. The summed E-state index contributed by atoms with van der Waals surface area (Å²) >= 11 is 0. The van der Waals surface area contributed by atoms with Crippen molar-refractivity contribution in [2.24, 2.45) is 0 Å². The predicted molar refractivity (Wildman–Crippen MR) is 191 cm³/mol. The van der Waals surface area contributed by atoms with E-state index in [0.717, 1.165) is 52.8 Å². The van der Waals surface area contributed by atoms with E-state index >= 15 is 0 Å². The molecule has 2 aliphatic heterocycles. The normalized spacial score (nSPS) is 20.9. The maximum absolute atomic E-state index is 13.1. The van der Waals surface area contributed by atoms with Crippen LogP contribution in [0.3, 0.4) is 0 Å². The Bertz CT molecular complexity index is 1610. The number of nitrogens with one attached hydrogen (secondary N) is 2. The molecule has 3 aromatic carbocycles. The number of nitrogens with zero attached hydrogens (tertiary/aromatic N) is 1. The second-order valence-corrected chi connectivity index (χ2v) is 14.4. The van der Waals surface area contributed by atoms with Gasteiger partial charge < -0.3 is 24.6 Å². The lowest BCUT2D eigenvalue weighted by Gasteiger charge is -2.38. The lowest BCUT2D eigenvalue weighted by molar-refractivity contribution is -0.253. The number of ether oxygens (including phenoxy) is 3. The fourth-order valence-electron chi connectivity index (χ4n) is 6.59. The highest BCUT2D eigenvalue weighted by Crippen LogP contribution is 2.39. The van der Waals surface area contributed by atoms with Crippen LogP contribution in [0.25, 0.3) is 11.1 Å². The van der Waals surface area contributed by atoms with Crippen LogP contribution >= 0.6 is 0 Å². The summed E-state index contributed by atoms with van der Waals surface area (Å²) in [6, 6.07) is 23.6. The largest absolute Gasteiger partial charge is 0.459 e. The van der Waals surface area contributed by atoms with Gasteiger partial charge in [0.2, 0.25) is 11.8 Å². The molecule has 0 aliphatic carbocycles. The van der Waals surface area contributed by atoms with E-state index in [-0.39, 0.29) is 43.2 Å². The Labute approximate surface area is 300 Å². The van der Waals surface area contributed by atoms with Crippen molar-refractivity contribution in [3.63, 3.8) is 0 Å². The molecule has 274 valence electrons. The minimum Gasteiger partial charge on any atom is -0.459 e. The van der Waals surface area contributed by atoms with Crippen molar-refractivity contribution in [2.45, 2.75) is 109 Å². The van der Waals surface area contributed by atoms with Crippen LogP contribution in [0.15, 0.2) is 72.8 Å². The van der Waals surface area contributed by atoms with E-state index in [4.69, 9.17) is 19.4 Å². The van der Waals surface area contributed by atoms with Gasteiger partial charge in [-0.3, -0.25) is 24.5 Å². The van der Waals surface area contributed by atoms with E-state index in [0.29, 0.717) is 38.8 Å². The number of aliphatic hydroxyl groups excluding tert-OH is 1. The second-order valence-electron chi connectivity index (χ2n) is 14.4. The van der Waals surface area contributed by atoms with Gasteiger partial charge in [0.05, 0.1) is 18.8 Å². The summed E-state index contributed by atoms with van der Waals surface area (Å²) in [5, 5.41) is 21.1. The number of hydrogen-bond acceptors (Lipinski definition) is 9. The molecule has 0 aromatic heterocycles. The quantitative estimate of drug-likeness (QED) is 0.0701. The summed E-state index contributed by atoms with van der Waals surface area (Å²) in [5.41, 5.74) is 6.75. The van der Waals surface area contributed by atoms with Crippen LogP contribution in [0.1, 0.15) is 100 Å². The zero-order valence-electron chi connectivity index (χ0n) is 29.8. The summed E-state index contributed by atoms with van der Waals surface area (Å²) in [5.74, 6) is -0.735. The van der Waals surface area contributed by atoms with Gasteiger partial charge in [0.15, 0.2) is 6.29 Å². The summed E-state index contributed by atoms with van der Waals surface area (Å²) in [6.45, 7) is 7.41. The van der Waals surface area contributed by atoms with Crippen molar-refractivity contribution < 1.29 is 38.9 Å². The molecule has 11 nitrogen and oxygen atoms in total. The molecule has 4 atom stereocenters. The number of carbonyl (C=O) groups is 3. The third kappa shape index (κ3) is 11.2. The van der Waals surface area contributed by atoms with Crippen molar-refractivity contribution in [3.05, 3.63) is 95.1 Å². The number of unbranched alkanes of at least 4 members (excludes halogenated alkanes) is 1. The zero-order chi connectivity index (χ0) is 36.4. The Balaban J connectivity index is 1.25. The lowest BCUT2D eigenvalue weighted by Crippen LogP contribution is -2.45. The number of hydrogen-bond donors (Lipinski definition) is 4. The van der Waals surface area contributed by atoms with Crippen LogP contribution in [-0.4, -0.2) is 63.8 Å². The molecule has 0 spiro atoms. The van der Waals surface area contributed by atoms with E-state index in [9.17, 15) is 19.5 Å². The Morgan fingerprint density at radius 2 is 1.59 bits per heavy atom. The molecule has 4 N–H and O–H groups in total. The van der Waals surface area contributed by atoms with E-state index < -0.39 is 17.8 Å². The molecule has 2 fully saturated rings. The Hall–Kier alpha value is -4.13. The number of esters is 1. The van der Waals surface area contributed by atoms with E-state index in [1.54, 1.807) is 5.48 Å². The van der Waals surface area contributed by atoms with Crippen molar-refractivity contribution in [3.8, 4) is 11.1 Å². The van der Waals surface area contributed by atoms with Crippen LogP contribution in [0.4, 0.5) is 0 Å². The van der Waals surface area contributed by atoms with Gasteiger partial charge in [0, 0.05) is 37.9 Å². The Kier molecular flexibility index (Phi) is 13.4. The first kappa shape index (κ1) is 38.1. The predicted octanol–water partition coefficient (Wildman–Crippen LogP) is 5.88. The molecule has 0 radical (unpaired) electrons. The number of amides is 2. The first-order valence-corrected chi connectivity index (χ1v) is 17.9. The van der Waals surface area contributed by atoms with Crippen molar-refractivity contribution in [1.29, 1.82) is 0 Å². The summed E-state index contributed by atoms with van der Waals surface area (Å²) in [4.78, 5) is 38.7. The molecular weight excluding hydrogens is 650 g/mol. The molecule has 51 heavy (non-hydrogen) atoms. The molecule has 11 heteroatoms. The van der Waals surface area contributed by atoms with Gasteiger partial charge in [0.25, 0.3) is 0 Å². The maximum atomic E-state index is 13.1. The highest BCUT2D eigenvalue weighted by Gasteiger charge is 2.39. The highest BCUT2D eigenvalue weighted by atomic mass is 16.7. The Morgan fingerprint density at radius 3 is 2.27 bits per heavy atom. The highest BCUT2D eigenvalue weighted by molar-refractivity contribution is 5.77. The molecule has 5 rings (SSSR count). The molecule has 4 unspecified atom stereocenters. The van der Waals surface area contributed by atoms with Crippen LogP contribution < -0.4 is 10.8 Å². The number of hydroxylamine groups is 1. The van der Waals surface area contributed by atoms with Gasteiger partial charge >= 0.3 is 5.97 Å². The minimum absolute atomic E-state index is 0.0277. The first-order valence-electron chi connectivity index (χ1n) is 17.9. The van der Waals surface area contributed by atoms with Crippen LogP contribution in [0, 0.1) is 0 Å². The number of benzene rings is 3. The van der Waals surface area contributed by atoms with Gasteiger partial charge in [-0.05, 0) is 86.9 Å². The second kappa shape index (κ2) is 17.9. The lowest BCUT2D eigenvalue weighted by atomic mass is 9.98. The molecule has 2 saturated heterocycles. The molecule has 2 aliphatic rings. The topological polar surface area (TPSA) is 147 Å². The van der Waals surface area contributed by atoms with Gasteiger partial charge in [0.1, 0.15) is 11.6 Å². The van der Waals surface area contributed by atoms with Crippen molar-refractivity contribution in [1.82, 2.24) is 15.7 Å². The molecule has 0 saturated carbocycles. The van der Waals surface area contributed by atoms with Gasteiger partial charge in [-0.2, -0.15) is 0 Å². The average Bonchev–Trinajstić information content (AvgIpc) is 3.60. The molecular formula is C40H51N3O8. The van der Waals surface area contributed by atoms with Crippen LogP contribution in [-0.2, 0) is 41.7 Å². The summed E-state index contributed by atoms with van der Waals surface area (Å²) in [7, 11) is 0. The zero-order valence-corrected chi connectivity index (χ0v) is 29.8. The fourth-order valence-corrected chi connectivity index (χ4v) is 6.59. The number of aliphatic hydroxyl groups is 1. The van der Waals surface area contributed by atoms with Gasteiger partial charge in [-0.25, -0.2) is 5.48 Å². The number of carbonyl (C=O) groups excluding carboxylic acids is 3. The van der Waals surface area contributed by atoms with E-state index in [1.807, 2.05) is 93.6 Å². The average molecular weight is 702 g/mol. The number of rotatable bonds is 14. The SMILES string of the molecule is CC(C)(C)OC(=O)C1CCCN1CC1CC(c2ccc(CO)cc2)OC(c2ccc(-c3cccc(CNC(=O)CCCCC(=O)NO)c3)cc2)O1. The summed E-state index contributed by atoms with van der Waals surface area (Å²) < 4.78 is 18.9. The van der Waals surface area contributed by atoms with E-state index in [1.165, 1.54) is 0 Å². The van der Waals surface area contributed by atoms with Crippen molar-refractivity contribution >= 4 is 17.8 Å². The summed E-state index contributed by atoms with van der Waals surface area (Å²) in [6.07, 6.45) is 2.81. The molecule has 0 bridgehead atoms. The van der Waals surface area contributed by atoms with Crippen LogP contribution in [0.5, 0.6) is 0 Å². The van der Waals surface area contributed by atoms with Gasteiger partial charge in [-0.1, -0.05) is 66.7 Å². The fraction of sp³-hybridized carbons (Fsp3) is 0.475. The first-order chi connectivity index (χ1) is 24.5. The van der Waals surface area contributed by atoms with Crippen molar-refractivity contribution in [2.75, 3.05) is 13.1 Å². The third-order valence-corrected chi connectivity index (χ3v) is 9.21. The number of likely N-dealkylation sites (tertiary alicyclic amines) is 1. The third-order valence-electron chi connectivity index (χ3n) is 9.21.